The summed E-state index contributed by atoms with van der Waals surface area (Å²) in [5, 5.41) is 0. The molecule has 1 aromatic carbocycles. The fourth-order valence-corrected chi connectivity index (χ4v) is 4.17. The minimum Gasteiger partial charge on any atom is -0.339 e. The van der Waals surface area contributed by atoms with E-state index in [1.54, 1.807) is 6.92 Å². The minimum absolute atomic E-state index is 0.174. The van der Waals surface area contributed by atoms with E-state index in [1.165, 1.54) is 36.1 Å². The summed E-state index contributed by atoms with van der Waals surface area (Å²) in [6.45, 7) is 11.4. The molecule has 2 heterocycles. The summed E-state index contributed by atoms with van der Waals surface area (Å²) in [4.78, 5) is 16.1. The SMILES string of the molecule is CC(=O)N1CC=C(c2ccccc2C2CCCN2C(C)(C)C)CC1. The number of carbonyl (C=O) groups excluding carboxylic acids is 1. The summed E-state index contributed by atoms with van der Waals surface area (Å²) >= 11 is 0. The van der Waals surface area contributed by atoms with Gasteiger partial charge in [-0.05, 0) is 63.3 Å². The van der Waals surface area contributed by atoms with Gasteiger partial charge in [0.15, 0.2) is 0 Å². The summed E-state index contributed by atoms with van der Waals surface area (Å²) in [6.07, 6.45) is 5.72. The van der Waals surface area contributed by atoms with Crippen LogP contribution in [0.15, 0.2) is 30.3 Å². The molecule has 3 heteroatoms. The van der Waals surface area contributed by atoms with Gasteiger partial charge >= 0.3 is 0 Å². The van der Waals surface area contributed by atoms with Gasteiger partial charge in [0, 0.05) is 31.6 Å². The Bertz CT molecular complexity index is 641. The topological polar surface area (TPSA) is 23.6 Å². The molecule has 1 aromatic rings. The van der Waals surface area contributed by atoms with Gasteiger partial charge in [0.25, 0.3) is 0 Å². The predicted molar refractivity (Wildman–Crippen MR) is 99.7 cm³/mol. The average Bonchev–Trinajstić information content (AvgIpc) is 3.05. The molecule has 130 valence electrons. The van der Waals surface area contributed by atoms with Gasteiger partial charge in [-0.2, -0.15) is 0 Å². The second kappa shape index (κ2) is 6.72. The molecule has 0 spiro atoms. The molecule has 24 heavy (non-hydrogen) atoms. The van der Waals surface area contributed by atoms with Crippen molar-refractivity contribution in [2.75, 3.05) is 19.6 Å². The Balaban J connectivity index is 1.91. The molecule has 0 saturated carbocycles. The molecule has 1 atom stereocenters. The Morgan fingerprint density at radius 3 is 2.54 bits per heavy atom. The first-order valence-corrected chi connectivity index (χ1v) is 9.18. The van der Waals surface area contributed by atoms with E-state index in [9.17, 15) is 4.79 Å². The van der Waals surface area contributed by atoms with Gasteiger partial charge < -0.3 is 4.90 Å². The molecule has 0 aromatic heterocycles. The smallest absolute Gasteiger partial charge is 0.219 e. The molecule has 3 nitrogen and oxygen atoms in total. The lowest BCUT2D eigenvalue weighted by atomic mass is 9.89. The van der Waals surface area contributed by atoms with Gasteiger partial charge in [0.1, 0.15) is 0 Å². The van der Waals surface area contributed by atoms with E-state index in [2.05, 4.69) is 56.0 Å². The van der Waals surface area contributed by atoms with Crippen LogP contribution in [-0.4, -0.2) is 40.9 Å². The lowest BCUT2D eigenvalue weighted by Crippen LogP contribution is -2.40. The van der Waals surface area contributed by atoms with E-state index >= 15 is 0 Å². The summed E-state index contributed by atoms with van der Waals surface area (Å²) in [5.74, 6) is 0.174. The molecule has 1 amide bonds. The summed E-state index contributed by atoms with van der Waals surface area (Å²) in [7, 11) is 0. The van der Waals surface area contributed by atoms with E-state index < -0.39 is 0 Å². The first-order chi connectivity index (χ1) is 11.4. The van der Waals surface area contributed by atoms with Crippen molar-refractivity contribution in [3.63, 3.8) is 0 Å². The Kier molecular flexibility index (Phi) is 4.82. The Hall–Kier alpha value is -1.61. The number of amides is 1. The Morgan fingerprint density at radius 2 is 1.92 bits per heavy atom. The molecule has 0 bridgehead atoms. The third-order valence-corrected chi connectivity index (χ3v) is 5.43. The molecule has 2 aliphatic rings. The summed E-state index contributed by atoms with van der Waals surface area (Å²) in [5.41, 5.74) is 4.46. The van der Waals surface area contributed by atoms with Crippen LogP contribution in [0.3, 0.4) is 0 Å². The van der Waals surface area contributed by atoms with Crippen molar-refractivity contribution in [2.45, 2.75) is 58.5 Å². The largest absolute Gasteiger partial charge is 0.339 e. The maximum atomic E-state index is 11.6. The second-order valence-electron chi connectivity index (χ2n) is 8.05. The van der Waals surface area contributed by atoms with Crippen molar-refractivity contribution in [3.8, 4) is 0 Å². The van der Waals surface area contributed by atoms with Crippen LogP contribution in [0.1, 0.15) is 64.1 Å². The number of hydrogen-bond donors (Lipinski definition) is 0. The van der Waals surface area contributed by atoms with Crippen LogP contribution in [0.25, 0.3) is 5.57 Å². The maximum Gasteiger partial charge on any atom is 0.219 e. The molecule has 1 fully saturated rings. The van der Waals surface area contributed by atoms with Crippen LogP contribution in [0, 0.1) is 0 Å². The van der Waals surface area contributed by atoms with Gasteiger partial charge in [-0.3, -0.25) is 9.69 Å². The quantitative estimate of drug-likeness (QED) is 0.811. The molecule has 1 saturated heterocycles. The highest BCUT2D eigenvalue weighted by Gasteiger charge is 2.35. The third-order valence-electron chi connectivity index (χ3n) is 5.43. The van der Waals surface area contributed by atoms with Crippen LogP contribution >= 0.6 is 0 Å². The van der Waals surface area contributed by atoms with Crippen molar-refractivity contribution in [3.05, 3.63) is 41.5 Å². The first-order valence-electron chi connectivity index (χ1n) is 9.18. The van der Waals surface area contributed by atoms with E-state index in [0.717, 1.165) is 19.5 Å². The Morgan fingerprint density at radius 1 is 1.17 bits per heavy atom. The van der Waals surface area contributed by atoms with Crippen molar-refractivity contribution < 1.29 is 4.79 Å². The molecule has 2 aliphatic heterocycles. The number of likely N-dealkylation sites (tertiary alicyclic amines) is 1. The van der Waals surface area contributed by atoms with Gasteiger partial charge in [0.05, 0.1) is 0 Å². The zero-order valence-corrected chi connectivity index (χ0v) is 15.5. The zero-order chi connectivity index (χ0) is 17.3. The predicted octanol–water partition coefficient (Wildman–Crippen LogP) is 4.26. The van der Waals surface area contributed by atoms with Gasteiger partial charge in [-0.15, -0.1) is 0 Å². The average molecular weight is 326 g/mol. The van der Waals surface area contributed by atoms with Crippen LogP contribution < -0.4 is 0 Å². The highest BCUT2D eigenvalue weighted by molar-refractivity contribution is 5.76. The fourth-order valence-electron chi connectivity index (χ4n) is 4.17. The van der Waals surface area contributed by atoms with E-state index in [4.69, 9.17) is 0 Å². The third kappa shape index (κ3) is 3.41. The molecule has 0 aliphatic carbocycles. The first kappa shape index (κ1) is 17.2. The number of nitrogens with zero attached hydrogens (tertiary/aromatic N) is 2. The zero-order valence-electron chi connectivity index (χ0n) is 15.5. The standard InChI is InChI=1S/C21H30N2O/c1-16(24)22-14-11-17(12-15-22)18-8-5-6-9-19(18)20-10-7-13-23(20)21(2,3)4/h5-6,8-9,11,20H,7,10,12-15H2,1-4H3. The van der Waals surface area contributed by atoms with Gasteiger partial charge in [0.2, 0.25) is 5.91 Å². The molecule has 3 rings (SSSR count). The van der Waals surface area contributed by atoms with E-state index in [-0.39, 0.29) is 11.4 Å². The van der Waals surface area contributed by atoms with Crippen molar-refractivity contribution in [1.29, 1.82) is 0 Å². The van der Waals surface area contributed by atoms with E-state index in [0.29, 0.717) is 6.04 Å². The van der Waals surface area contributed by atoms with Crippen molar-refractivity contribution in [2.24, 2.45) is 0 Å². The van der Waals surface area contributed by atoms with Crippen molar-refractivity contribution in [1.82, 2.24) is 9.80 Å². The fraction of sp³-hybridized carbons (Fsp3) is 0.571. The van der Waals surface area contributed by atoms with Crippen LogP contribution in [0.2, 0.25) is 0 Å². The number of rotatable bonds is 2. The second-order valence-corrected chi connectivity index (χ2v) is 8.05. The summed E-state index contributed by atoms with van der Waals surface area (Å²) < 4.78 is 0. The monoisotopic (exact) mass is 326 g/mol. The highest BCUT2D eigenvalue weighted by Crippen LogP contribution is 2.40. The Labute approximate surface area is 146 Å². The molecular formula is C21H30N2O. The normalized spacial score (nSPS) is 22.6. The number of benzene rings is 1. The van der Waals surface area contributed by atoms with Gasteiger partial charge in [-0.25, -0.2) is 0 Å². The van der Waals surface area contributed by atoms with E-state index in [1.807, 2.05) is 4.90 Å². The summed E-state index contributed by atoms with van der Waals surface area (Å²) in [6, 6.07) is 9.40. The number of carbonyl (C=O) groups is 1. The lowest BCUT2D eigenvalue weighted by Gasteiger charge is -2.38. The molecule has 0 radical (unpaired) electrons. The van der Waals surface area contributed by atoms with Crippen LogP contribution in [0.5, 0.6) is 0 Å². The maximum absolute atomic E-state index is 11.6. The molecular weight excluding hydrogens is 296 g/mol. The molecule has 1 unspecified atom stereocenters. The highest BCUT2D eigenvalue weighted by atomic mass is 16.2. The minimum atomic E-state index is 0.174. The van der Waals surface area contributed by atoms with Gasteiger partial charge in [-0.1, -0.05) is 30.3 Å². The van der Waals surface area contributed by atoms with Crippen molar-refractivity contribution >= 4 is 11.5 Å². The van der Waals surface area contributed by atoms with Crippen LogP contribution in [0.4, 0.5) is 0 Å². The lowest BCUT2D eigenvalue weighted by molar-refractivity contribution is -0.128. The molecule has 0 N–H and O–H groups in total. The number of hydrogen-bond acceptors (Lipinski definition) is 2. The van der Waals surface area contributed by atoms with Crippen LogP contribution in [-0.2, 0) is 4.79 Å².